The van der Waals surface area contributed by atoms with Crippen molar-refractivity contribution in [2.45, 2.75) is 46.2 Å². The van der Waals surface area contributed by atoms with E-state index in [1.807, 2.05) is 20.8 Å². The Labute approximate surface area is 124 Å². The molecule has 0 spiro atoms. The lowest BCUT2D eigenvalue weighted by Gasteiger charge is -2.21. The van der Waals surface area contributed by atoms with Gasteiger partial charge in [-0.2, -0.15) is 9.78 Å². The first kappa shape index (κ1) is 17.6. The van der Waals surface area contributed by atoms with E-state index in [9.17, 15) is 4.79 Å². The fourth-order valence-electron chi connectivity index (χ4n) is 1.15. The molecule has 7 nitrogen and oxygen atoms in total. The van der Waals surface area contributed by atoms with Gasteiger partial charge in [-0.25, -0.2) is 4.79 Å². The molecule has 0 N–H and O–H groups in total. The quantitative estimate of drug-likeness (QED) is 0.224. The normalized spacial score (nSPS) is 19.2. The molecule has 1 fully saturated rings. The Bertz CT molecular complexity index is 381. The van der Waals surface area contributed by atoms with Crippen LogP contribution in [0.5, 0.6) is 0 Å². The Balaban J connectivity index is 2.33. The fraction of sp³-hybridized carbons (Fsp3) is 0.643. The van der Waals surface area contributed by atoms with Crippen LogP contribution in [0.2, 0.25) is 0 Å². The molecule has 1 rings (SSSR count). The first-order valence-corrected chi connectivity index (χ1v) is 6.49. The smallest absolute Gasteiger partial charge is 0.434 e. The molecule has 0 bridgehead atoms. The Kier molecular flexibility index (Phi) is 5.91. The molecule has 0 aromatic carbocycles. The highest BCUT2D eigenvalue weighted by Crippen LogP contribution is 2.33. The topological polar surface area (TPSA) is 79.1 Å². The van der Waals surface area contributed by atoms with Crippen LogP contribution in [0.25, 0.3) is 0 Å². The third-order valence-corrected chi connectivity index (χ3v) is 2.18. The number of ether oxygens (including phenoxy) is 4. The van der Waals surface area contributed by atoms with E-state index in [0.717, 1.165) is 0 Å². The van der Waals surface area contributed by atoms with Crippen molar-refractivity contribution in [2.75, 3.05) is 6.61 Å². The van der Waals surface area contributed by atoms with E-state index in [1.165, 1.54) is 19.1 Å². The van der Waals surface area contributed by atoms with Crippen LogP contribution in [0, 0.1) is 5.41 Å². The molecule has 2 atom stereocenters. The molecular weight excluding hydrogens is 280 g/mol. The van der Waals surface area contributed by atoms with Gasteiger partial charge in [0.25, 0.3) is 0 Å². The van der Waals surface area contributed by atoms with Crippen LogP contribution in [0.1, 0.15) is 27.7 Å². The highest BCUT2D eigenvalue weighted by atomic mass is 17.5. The van der Waals surface area contributed by atoms with E-state index in [1.54, 1.807) is 0 Å². The molecule has 0 aromatic heterocycles. The largest absolute Gasteiger partial charge is 0.510 e. The van der Waals surface area contributed by atoms with Crippen LogP contribution in [0.4, 0.5) is 4.79 Å². The molecule has 1 saturated heterocycles. The lowest BCUT2D eigenvalue weighted by atomic mass is 9.99. The SMILES string of the molecule is C=CC(OC(C)OC(=O)OCC(C)(C)C)OC1(C=C)OO1. The van der Waals surface area contributed by atoms with Crippen LogP contribution < -0.4 is 0 Å². The van der Waals surface area contributed by atoms with E-state index >= 15 is 0 Å². The summed E-state index contributed by atoms with van der Waals surface area (Å²) in [4.78, 5) is 20.7. The third-order valence-electron chi connectivity index (χ3n) is 2.18. The Hall–Kier alpha value is -1.41. The Morgan fingerprint density at radius 1 is 1.33 bits per heavy atom. The van der Waals surface area contributed by atoms with Crippen molar-refractivity contribution in [2.24, 2.45) is 5.41 Å². The molecular formula is C14H22O7. The molecule has 0 radical (unpaired) electrons. The van der Waals surface area contributed by atoms with Crippen LogP contribution in [0.15, 0.2) is 25.3 Å². The fourth-order valence-corrected chi connectivity index (χ4v) is 1.15. The van der Waals surface area contributed by atoms with E-state index in [4.69, 9.17) is 18.9 Å². The monoisotopic (exact) mass is 302 g/mol. The van der Waals surface area contributed by atoms with Crippen molar-refractivity contribution in [3.8, 4) is 0 Å². The molecule has 21 heavy (non-hydrogen) atoms. The van der Waals surface area contributed by atoms with Gasteiger partial charge in [0.15, 0.2) is 6.29 Å². The first-order chi connectivity index (χ1) is 9.69. The van der Waals surface area contributed by atoms with E-state index in [2.05, 4.69) is 22.9 Å². The second-order valence-electron chi connectivity index (χ2n) is 5.62. The molecule has 120 valence electrons. The molecule has 0 aromatic rings. The maximum atomic E-state index is 11.5. The minimum absolute atomic E-state index is 0.146. The number of rotatable bonds is 8. The average molecular weight is 302 g/mol. The van der Waals surface area contributed by atoms with Gasteiger partial charge >= 0.3 is 12.1 Å². The predicted octanol–water partition coefficient (Wildman–Crippen LogP) is 2.88. The van der Waals surface area contributed by atoms with E-state index in [-0.39, 0.29) is 12.0 Å². The van der Waals surface area contributed by atoms with Crippen molar-refractivity contribution in [3.05, 3.63) is 25.3 Å². The summed E-state index contributed by atoms with van der Waals surface area (Å²) in [6.07, 6.45) is 0.0432. The van der Waals surface area contributed by atoms with Crippen molar-refractivity contribution in [1.82, 2.24) is 0 Å². The van der Waals surface area contributed by atoms with Crippen LogP contribution in [0.3, 0.4) is 0 Å². The summed E-state index contributed by atoms with van der Waals surface area (Å²) >= 11 is 0. The second kappa shape index (κ2) is 7.04. The molecule has 2 unspecified atom stereocenters. The first-order valence-electron chi connectivity index (χ1n) is 6.49. The van der Waals surface area contributed by atoms with Crippen LogP contribution in [-0.2, 0) is 28.7 Å². The van der Waals surface area contributed by atoms with Crippen molar-refractivity contribution in [3.63, 3.8) is 0 Å². The molecule has 0 amide bonds. The van der Waals surface area contributed by atoms with Crippen molar-refractivity contribution >= 4 is 6.16 Å². The zero-order valence-corrected chi connectivity index (χ0v) is 12.8. The molecule has 0 aliphatic carbocycles. The van der Waals surface area contributed by atoms with Crippen LogP contribution >= 0.6 is 0 Å². The number of carbonyl (C=O) groups is 1. The van der Waals surface area contributed by atoms with Gasteiger partial charge in [-0.3, -0.25) is 4.74 Å². The molecule has 1 aliphatic heterocycles. The summed E-state index contributed by atoms with van der Waals surface area (Å²) in [5.41, 5.74) is -0.146. The lowest BCUT2D eigenvalue weighted by Crippen LogP contribution is -2.30. The summed E-state index contributed by atoms with van der Waals surface area (Å²) in [7, 11) is 0. The summed E-state index contributed by atoms with van der Waals surface area (Å²) in [5, 5.41) is 0. The lowest BCUT2D eigenvalue weighted by molar-refractivity contribution is -0.237. The summed E-state index contributed by atoms with van der Waals surface area (Å²) < 4.78 is 20.5. The number of hydrogen-bond donors (Lipinski definition) is 0. The van der Waals surface area contributed by atoms with Crippen LogP contribution in [-0.4, -0.2) is 31.3 Å². The zero-order valence-electron chi connectivity index (χ0n) is 12.8. The second-order valence-corrected chi connectivity index (χ2v) is 5.62. The van der Waals surface area contributed by atoms with Gasteiger partial charge in [0, 0.05) is 6.08 Å². The maximum Gasteiger partial charge on any atom is 0.510 e. The average Bonchev–Trinajstić information content (AvgIpc) is 3.15. The Morgan fingerprint density at radius 2 is 1.95 bits per heavy atom. The molecule has 1 aliphatic rings. The highest BCUT2D eigenvalue weighted by Gasteiger charge is 2.50. The summed E-state index contributed by atoms with van der Waals surface area (Å²) in [5.74, 6) is -1.33. The van der Waals surface area contributed by atoms with E-state index < -0.39 is 24.7 Å². The van der Waals surface area contributed by atoms with Gasteiger partial charge in [-0.05, 0) is 18.4 Å². The van der Waals surface area contributed by atoms with Gasteiger partial charge < -0.3 is 14.2 Å². The minimum Gasteiger partial charge on any atom is -0.434 e. The van der Waals surface area contributed by atoms with Crippen molar-refractivity contribution < 1.29 is 33.5 Å². The van der Waals surface area contributed by atoms with Gasteiger partial charge in [0.1, 0.15) is 0 Å². The zero-order chi connectivity index (χ0) is 16.1. The Morgan fingerprint density at radius 3 is 2.38 bits per heavy atom. The number of carbonyl (C=O) groups excluding carboxylic acids is 1. The number of hydrogen-bond acceptors (Lipinski definition) is 7. The molecule has 7 heteroatoms. The predicted molar refractivity (Wildman–Crippen MR) is 72.6 cm³/mol. The molecule has 0 saturated carbocycles. The van der Waals surface area contributed by atoms with Gasteiger partial charge in [-0.15, -0.1) is 0 Å². The van der Waals surface area contributed by atoms with Gasteiger partial charge in [0.2, 0.25) is 6.29 Å². The summed E-state index contributed by atoms with van der Waals surface area (Å²) in [6, 6.07) is 0. The standard InChI is InChI=1S/C14H22O7/c1-7-11(19-14(8-2)20-21-14)17-10(3)18-12(15)16-9-13(4,5)6/h7-8,10-11H,1-2,9H2,3-6H3. The summed E-state index contributed by atoms with van der Waals surface area (Å²) in [6.45, 7) is 14.6. The minimum atomic E-state index is -1.33. The third kappa shape index (κ3) is 6.72. The van der Waals surface area contributed by atoms with Crippen molar-refractivity contribution in [1.29, 1.82) is 0 Å². The maximum absolute atomic E-state index is 11.5. The highest BCUT2D eigenvalue weighted by molar-refractivity contribution is 5.59. The van der Waals surface area contributed by atoms with E-state index in [0.29, 0.717) is 0 Å². The van der Waals surface area contributed by atoms with Gasteiger partial charge in [0.05, 0.1) is 6.61 Å². The molecule has 1 heterocycles. The van der Waals surface area contributed by atoms with Gasteiger partial charge in [-0.1, -0.05) is 33.9 Å².